The molecule has 0 unspecified atom stereocenters. The number of anilines is 3. The van der Waals surface area contributed by atoms with Crippen LogP contribution in [0.1, 0.15) is 51.0 Å². The molecule has 0 bridgehead atoms. The molecule has 1 aromatic carbocycles. The number of carbonyl (C=O) groups is 1. The minimum Gasteiger partial charge on any atom is -0.371 e. The lowest BCUT2D eigenvalue weighted by atomic mass is 9.92. The average Bonchev–Trinajstić information content (AvgIpc) is 2.92. The van der Waals surface area contributed by atoms with Gasteiger partial charge in [0, 0.05) is 68.9 Å². The van der Waals surface area contributed by atoms with Crippen molar-refractivity contribution in [2.24, 2.45) is 5.92 Å². The Morgan fingerprint density at radius 1 is 1.14 bits per heavy atom. The first kappa shape index (κ1) is 26.1. The molecule has 1 amide bonds. The molecular weight excluding hydrogens is 446 g/mol. The number of aryl methyl sites for hydroxylation is 1. The largest absolute Gasteiger partial charge is 0.371 e. The van der Waals surface area contributed by atoms with Crippen LogP contribution in [0.15, 0.2) is 55.3 Å². The van der Waals surface area contributed by atoms with E-state index < -0.39 is 0 Å². The fraction of sp³-hybridized carbons (Fsp3) is 0.533. The van der Waals surface area contributed by atoms with Crippen molar-refractivity contribution in [3.8, 4) is 0 Å². The van der Waals surface area contributed by atoms with E-state index in [4.69, 9.17) is 4.98 Å². The molecule has 0 aliphatic carbocycles. The SMILES string of the molecule is C=CC(=O)NCCCC1CCN(c2ccnc(N(CC)[C@@H]3CCCN(c4cccc(C)c4)C3)c2)CC1. The summed E-state index contributed by atoms with van der Waals surface area (Å²) in [7, 11) is 0. The molecule has 1 N–H and O–H groups in total. The number of carbonyl (C=O) groups excluding carboxylic acids is 1. The molecule has 2 fully saturated rings. The predicted molar refractivity (Wildman–Crippen MR) is 151 cm³/mol. The third-order valence-electron chi connectivity index (χ3n) is 7.82. The van der Waals surface area contributed by atoms with Crippen molar-refractivity contribution in [2.45, 2.75) is 58.4 Å². The normalized spacial score (nSPS) is 18.7. The monoisotopic (exact) mass is 489 g/mol. The molecule has 1 aromatic heterocycles. The second-order valence-corrected chi connectivity index (χ2v) is 10.3. The Labute approximate surface area is 217 Å². The summed E-state index contributed by atoms with van der Waals surface area (Å²) in [6.07, 6.45) is 10.4. The van der Waals surface area contributed by atoms with Crippen molar-refractivity contribution in [1.82, 2.24) is 10.3 Å². The highest BCUT2D eigenvalue weighted by Gasteiger charge is 2.27. The fourth-order valence-electron chi connectivity index (χ4n) is 5.79. The van der Waals surface area contributed by atoms with Gasteiger partial charge in [0.1, 0.15) is 5.82 Å². The van der Waals surface area contributed by atoms with Gasteiger partial charge in [0.25, 0.3) is 0 Å². The zero-order valence-corrected chi connectivity index (χ0v) is 22.2. The van der Waals surface area contributed by atoms with Gasteiger partial charge < -0.3 is 20.0 Å². The van der Waals surface area contributed by atoms with Crippen molar-refractivity contribution in [3.63, 3.8) is 0 Å². The maximum atomic E-state index is 11.3. The Kier molecular flexibility index (Phi) is 9.26. The van der Waals surface area contributed by atoms with Crippen molar-refractivity contribution >= 4 is 23.1 Å². The van der Waals surface area contributed by atoms with E-state index in [0.29, 0.717) is 6.04 Å². The van der Waals surface area contributed by atoms with E-state index in [1.54, 1.807) is 0 Å². The molecule has 6 nitrogen and oxygen atoms in total. The van der Waals surface area contributed by atoms with E-state index in [1.807, 2.05) is 6.20 Å². The zero-order chi connectivity index (χ0) is 25.3. The molecule has 0 spiro atoms. The number of rotatable bonds is 10. The van der Waals surface area contributed by atoms with Gasteiger partial charge >= 0.3 is 0 Å². The highest BCUT2D eigenvalue weighted by Crippen LogP contribution is 2.30. The lowest BCUT2D eigenvalue weighted by Crippen LogP contribution is -2.48. The minimum absolute atomic E-state index is 0.0736. The van der Waals surface area contributed by atoms with Gasteiger partial charge in [0.05, 0.1) is 0 Å². The van der Waals surface area contributed by atoms with E-state index in [0.717, 1.165) is 57.4 Å². The van der Waals surface area contributed by atoms with Gasteiger partial charge in [-0.05, 0) is 88.1 Å². The lowest BCUT2D eigenvalue weighted by Gasteiger charge is -2.41. The van der Waals surface area contributed by atoms with Crippen LogP contribution in [0.25, 0.3) is 0 Å². The highest BCUT2D eigenvalue weighted by atomic mass is 16.1. The van der Waals surface area contributed by atoms with Crippen LogP contribution in [-0.2, 0) is 4.79 Å². The van der Waals surface area contributed by atoms with Gasteiger partial charge in [0.2, 0.25) is 5.91 Å². The highest BCUT2D eigenvalue weighted by molar-refractivity contribution is 5.86. The predicted octanol–water partition coefficient (Wildman–Crippen LogP) is 5.18. The van der Waals surface area contributed by atoms with Crippen LogP contribution in [0.3, 0.4) is 0 Å². The molecule has 6 heteroatoms. The second-order valence-electron chi connectivity index (χ2n) is 10.3. The third kappa shape index (κ3) is 6.80. The number of pyridine rings is 1. The number of benzene rings is 1. The van der Waals surface area contributed by atoms with Gasteiger partial charge in [-0.15, -0.1) is 0 Å². The van der Waals surface area contributed by atoms with E-state index in [1.165, 1.54) is 55.1 Å². The fourth-order valence-corrected chi connectivity index (χ4v) is 5.79. The van der Waals surface area contributed by atoms with Gasteiger partial charge in [-0.1, -0.05) is 18.7 Å². The topological polar surface area (TPSA) is 51.7 Å². The summed E-state index contributed by atoms with van der Waals surface area (Å²) in [5.74, 6) is 1.77. The molecule has 2 aliphatic rings. The number of nitrogens with one attached hydrogen (secondary N) is 1. The summed E-state index contributed by atoms with van der Waals surface area (Å²) in [5.41, 5.74) is 3.95. The van der Waals surface area contributed by atoms with Gasteiger partial charge in [-0.3, -0.25) is 4.79 Å². The van der Waals surface area contributed by atoms with Crippen LogP contribution in [-0.4, -0.2) is 56.2 Å². The second kappa shape index (κ2) is 12.8. The molecule has 4 rings (SSSR count). The molecule has 2 aromatic rings. The average molecular weight is 490 g/mol. The summed E-state index contributed by atoms with van der Waals surface area (Å²) >= 11 is 0. The van der Waals surface area contributed by atoms with Crippen LogP contribution in [0, 0.1) is 12.8 Å². The maximum absolute atomic E-state index is 11.3. The molecule has 2 aliphatic heterocycles. The molecule has 0 saturated carbocycles. The molecule has 3 heterocycles. The molecule has 36 heavy (non-hydrogen) atoms. The van der Waals surface area contributed by atoms with E-state index >= 15 is 0 Å². The number of hydrogen-bond acceptors (Lipinski definition) is 5. The standard InChI is InChI=1S/C30H43N5O/c1-4-30(36)32-16-7-10-25-14-19-33(20-15-25)27-13-17-31-29(22-27)35(5-2)28-12-8-18-34(23-28)26-11-6-9-24(3)21-26/h4,6,9,11,13,17,21-22,25,28H,1,5,7-8,10,12,14-16,18-20,23H2,2-3H3,(H,32,36)/t28-/m1/s1. The molecule has 1 atom stereocenters. The van der Waals surface area contributed by atoms with Crippen molar-refractivity contribution < 1.29 is 4.79 Å². The molecule has 194 valence electrons. The quantitative estimate of drug-likeness (QED) is 0.368. The third-order valence-corrected chi connectivity index (χ3v) is 7.82. The smallest absolute Gasteiger partial charge is 0.243 e. The van der Waals surface area contributed by atoms with E-state index in [-0.39, 0.29) is 5.91 Å². The van der Waals surface area contributed by atoms with E-state index in [2.05, 4.69) is 76.8 Å². The number of amides is 1. The Morgan fingerprint density at radius 2 is 1.94 bits per heavy atom. The zero-order valence-electron chi connectivity index (χ0n) is 22.2. The molecule has 2 saturated heterocycles. The number of nitrogens with zero attached hydrogens (tertiary/aromatic N) is 4. The van der Waals surface area contributed by atoms with Crippen molar-refractivity contribution in [2.75, 3.05) is 54.0 Å². The van der Waals surface area contributed by atoms with E-state index in [9.17, 15) is 4.79 Å². The van der Waals surface area contributed by atoms with Gasteiger partial charge in [-0.25, -0.2) is 4.98 Å². The molecular formula is C30H43N5O. The van der Waals surface area contributed by atoms with Gasteiger partial charge in [0.15, 0.2) is 0 Å². The Hall–Kier alpha value is -3.02. The summed E-state index contributed by atoms with van der Waals surface area (Å²) in [6.45, 7) is 14.0. The number of piperidine rings is 2. The maximum Gasteiger partial charge on any atom is 0.243 e. The summed E-state index contributed by atoms with van der Waals surface area (Å²) < 4.78 is 0. The first-order chi connectivity index (χ1) is 17.6. The summed E-state index contributed by atoms with van der Waals surface area (Å²) in [6, 6.07) is 13.8. The van der Waals surface area contributed by atoms with Crippen LogP contribution in [0.5, 0.6) is 0 Å². The van der Waals surface area contributed by atoms with Gasteiger partial charge in [-0.2, -0.15) is 0 Å². The summed E-state index contributed by atoms with van der Waals surface area (Å²) in [4.78, 5) is 23.7. The first-order valence-corrected chi connectivity index (χ1v) is 13.8. The Morgan fingerprint density at radius 3 is 2.69 bits per heavy atom. The Bertz CT molecular complexity index is 1000. The van der Waals surface area contributed by atoms with Crippen LogP contribution < -0.4 is 20.0 Å². The van der Waals surface area contributed by atoms with Crippen LogP contribution in [0.2, 0.25) is 0 Å². The molecule has 0 radical (unpaired) electrons. The summed E-state index contributed by atoms with van der Waals surface area (Å²) in [5, 5.41) is 2.89. The number of aromatic nitrogens is 1. The van der Waals surface area contributed by atoms with Crippen molar-refractivity contribution in [3.05, 3.63) is 60.8 Å². The Balaban J connectivity index is 1.33. The van der Waals surface area contributed by atoms with Crippen LogP contribution >= 0.6 is 0 Å². The lowest BCUT2D eigenvalue weighted by molar-refractivity contribution is -0.116. The van der Waals surface area contributed by atoms with Crippen LogP contribution in [0.4, 0.5) is 17.2 Å². The first-order valence-electron chi connectivity index (χ1n) is 13.8. The number of hydrogen-bond donors (Lipinski definition) is 1. The van der Waals surface area contributed by atoms with Crippen molar-refractivity contribution in [1.29, 1.82) is 0 Å². The number of likely N-dealkylation sites (N-methyl/N-ethyl adjacent to an activating group) is 1. The minimum atomic E-state index is -0.0736.